The molecule has 3 rings (SSSR count). The highest BCUT2D eigenvalue weighted by Crippen LogP contribution is 2.24. The van der Waals surface area contributed by atoms with Crippen LogP contribution in [0.1, 0.15) is 44.8 Å². The maximum absolute atomic E-state index is 11.7. The summed E-state index contributed by atoms with van der Waals surface area (Å²) in [6.45, 7) is 4.11. The lowest BCUT2D eigenvalue weighted by atomic mass is 10.0. The zero-order valence-corrected chi connectivity index (χ0v) is 11.9. The van der Waals surface area contributed by atoms with Crippen molar-refractivity contribution >= 4 is 17.5 Å². The summed E-state index contributed by atoms with van der Waals surface area (Å²) in [5, 5.41) is 5.65. The Labute approximate surface area is 123 Å². The fourth-order valence-corrected chi connectivity index (χ4v) is 2.45. The zero-order chi connectivity index (χ0) is 15.0. The largest absolute Gasteiger partial charge is 0.379 e. The number of anilines is 1. The number of amides is 2. The van der Waals surface area contributed by atoms with Gasteiger partial charge in [-0.15, -0.1) is 0 Å². The predicted octanol–water partition coefficient (Wildman–Crippen LogP) is 3.05. The predicted molar refractivity (Wildman–Crippen MR) is 81.5 cm³/mol. The molecule has 0 saturated heterocycles. The highest BCUT2D eigenvalue weighted by molar-refractivity contribution is 6.21. The number of imide groups is 1. The van der Waals surface area contributed by atoms with Crippen LogP contribution in [0.15, 0.2) is 42.5 Å². The SMILES string of the molecule is Cc1ccc(C(C)Nc2ccc3c(c2)C(=O)NC3=O)cc1. The van der Waals surface area contributed by atoms with Crippen LogP contribution in [-0.2, 0) is 0 Å². The second-order valence-corrected chi connectivity index (χ2v) is 5.32. The number of carbonyl (C=O) groups is 2. The van der Waals surface area contributed by atoms with Crippen LogP contribution >= 0.6 is 0 Å². The summed E-state index contributed by atoms with van der Waals surface area (Å²) < 4.78 is 0. The Morgan fingerprint density at radius 2 is 1.62 bits per heavy atom. The van der Waals surface area contributed by atoms with Gasteiger partial charge in [0.15, 0.2) is 0 Å². The molecule has 0 aliphatic carbocycles. The van der Waals surface area contributed by atoms with Gasteiger partial charge in [-0.05, 0) is 37.6 Å². The number of fused-ring (bicyclic) bond motifs is 1. The van der Waals surface area contributed by atoms with Gasteiger partial charge in [-0.1, -0.05) is 29.8 Å². The molecule has 1 atom stereocenters. The molecule has 0 aromatic heterocycles. The van der Waals surface area contributed by atoms with Gasteiger partial charge in [0.25, 0.3) is 11.8 Å². The van der Waals surface area contributed by atoms with Crippen LogP contribution in [0, 0.1) is 6.92 Å². The average molecular weight is 280 g/mol. The van der Waals surface area contributed by atoms with Gasteiger partial charge in [-0.2, -0.15) is 0 Å². The third-order valence-electron chi connectivity index (χ3n) is 3.70. The molecule has 1 heterocycles. The van der Waals surface area contributed by atoms with Crippen LogP contribution < -0.4 is 10.6 Å². The third-order valence-corrected chi connectivity index (χ3v) is 3.70. The smallest absolute Gasteiger partial charge is 0.259 e. The van der Waals surface area contributed by atoms with Gasteiger partial charge in [0.1, 0.15) is 0 Å². The van der Waals surface area contributed by atoms with Crippen molar-refractivity contribution in [3.63, 3.8) is 0 Å². The van der Waals surface area contributed by atoms with Gasteiger partial charge < -0.3 is 5.32 Å². The first-order valence-corrected chi connectivity index (χ1v) is 6.87. The molecule has 2 N–H and O–H groups in total. The van der Waals surface area contributed by atoms with Gasteiger partial charge >= 0.3 is 0 Å². The molecular weight excluding hydrogens is 264 g/mol. The first-order valence-electron chi connectivity index (χ1n) is 6.87. The van der Waals surface area contributed by atoms with E-state index in [-0.39, 0.29) is 17.9 Å². The van der Waals surface area contributed by atoms with Crippen molar-refractivity contribution in [2.45, 2.75) is 19.9 Å². The van der Waals surface area contributed by atoms with E-state index in [9.17, 15) is 9.59 Å². The molecule has 2 aromatic rings. The fraction of sp³-hybridized carbons (Fsp3) is 0.176. The van der Waals surface area contributed by atoms with E-state index in [2.05, 4.69) is 48.7 Å². The Balaban J connectivity index is 1.82. The maximum atomic E-state index is 11.7. The number of hydrogen-bond donors (Lipinski definition) is 2. The van der Waals surface area contributed by atoms with Crippen molar-refractivity contribution in [3.8, 4) is 0 Å². The Bertz CT molecular complexity index is 720. The topological polar surface area (TPSA) is 58.2 Å². The molecule has 0 fully saturated rings. The number of hydrogen-bond acceptors (Lipinski definition) is 3. The standard InChI is InChI=1S/C17H16N2O2/c1-10-3-5-12(6-4-10)11(2)18-13-7-8-14-15(9-13)17(21)19-16(14)20/h3-9,11,18H,1-2H3,(H,19,20,21). The molecule has 0 radical (unpaired) electrons. The number of aryl methyl sites for hydroxylation is 1. The van der Waals surface area contributed by atoms with Crippen molar-refractivity contribution in [2.24, 2.45) is 0 Å². The Morgan fingerprint density at radius 1 is 0.952 bits per heavy atom. The molecule has 0 saturated carbocycles. The summed E-state index contributed by atoms with van der Waals surface area (Å²) in [6.07, 6.45) is 0. The van der Waals surface area contributed by atoms with Crippen LogP contribution in [0.3, 0.4) is 0 Å². The molecule has 21 heavy (non-hydrogen) atoms. The summed E-state index contributed by atoms with van der Waals surface area (Å²) in [5.41, 5.74) is 4.08. The molecule has 4 heteroatoms. The van der Waals surface area contributed by atoms with E-state index in [0.29, 0.717) is 11.1 Å². The average Bonchev–Trinajstić information content (AvgIpc) is 2.74. The number of nitrogens with one attached hydrogen (secondary N) is 2. The van der Waals surface area contributed by atoms with Crippen molar-refractivity contribution < 1.29 is 9.59 Å². The molecule has 2 aromatic carbocycles. The van der Waals surface area contributed by atoms with E-state index in [1.807, 2.05) is 6.07 Å². The van der Waals surface area contributed by atoms with Crippen molar-refractivity contribution in [3.05, 3.63) is 64.7 Å². The molecule has 2 amide bonds. The highest BCUT2D eigenvalue weighted by atomic mass is 16.2. The first-order chi connectivity index (χ1) is 10.0. The first kappa shape index (κ1) is 13.4. The summed E-state index contributed by atoms with van der Waals surface area (Å²) in [4.78, 5) is 23.2. The van der Waals surface area contributed by atoms with Crippen LogP contribution in [-0.4, -0.2) is 11.8 Å². The van der Waals surface area contributed by atoms with Crippen LogP contribution in [0.5, 0.6) is 0 Å². The Kier molecular flexibility index (Phi) is 3.22. The monoisotopic (exact) mass is 280 g/mol. The Hall–Kier alpha value is -2.62. The van der Waals surface area contributed by atoms with Gasteiger partial charge in [0, 0.05) is 11.7 Å². The minimum atomic E-state index is -0.332. The Morgan fingerprint density at radius 3 is 2.33 bits per heavy atom. The third kappa shape index (κ3) is 2.52. The van der Waals surface area contributed by atoms with Gasteiger partial charge in [0.05, 0.1) is 11.1 Å². The van der Waals surface area contributed by atoms with Crippen molar-refractivity contribution in [2.75, 3.05) is 5.32 Å². The second kappa shape index (κ2) is 5.05. The normalized spacial score (nSPS) is 14.6. The number of rotatable bonds is 3. The molecule has 0 bridgehead atoms. The number of carbonyl (C=O) groups excluding carboxylic acids is 2. The van der Waals surface area contributed by atoms with E-state index in [1.165, 1.54) is 11.1 Å². The van der Waals surface area contributed by atoms with Crippen molar-refractivity contribution in [1.82, 2.24) is 5.32 Å². The minimum Gasteiger partial charge on any atom is -0.379 e. The van der Waals surface area contributed by atoms with E-state index in [1.54, 1.807) is 12.1 Å². The van der Waals surface area contributed by atoms with E-state index < -0.39 is 0 Å². The number of benzene rings is 2. The van der Waals surface area contributed by atoms with Gasteiger partial charge in [-0.25, -0.2) is 0 Å². The summed E-state index contributed by atoms with van der Waals surface area (Å²) in [7, 11) is 0. The van der Waals surface area contributed by atoms with Crippen LogP contribution in [0.2, 0.25) is 0 Å². The molecule has 1 aliphatic rings. The summed E-state index contributed by atoms with van der Waals surface area (Å²) >= 11 is 0. The molecule has 4 nitrogen and oxygen atoms in total. The van der Waals surface area contributed by atoms with E-state index in [0.717, 1.165) is 5.69 Å². The minimum absolute atomic E-state index is 0.115. The van der Waals surface area contributed by atoms with Crippen molar-refractivity contribution in [1.29, 1.82) is 0 Å². The van der Waals surface area contributed by atoms with Crippen LogP contribution in [0.25, 0.3) is 0 Å². The van der Waals surface area contributed by atoms with Crippen LogP contribution in [0.4, 0.5) is 5.69 Å². The fourth-order valence-electron chi connectivity index (χ4n) is 2.45. The van der Waals surface area contributed by atoms with Gasteiger partial charge in [0.2, 0.25) is 0 Å². The van der Waals surface area contributed by atoms with Gasteiger partial charge in [-0.3, -0.25) is 14.9 Å². The van der Waals surface area contributed by atoms with E-state index >= 15 is 0 Å². The zero-order valence-electron chi connectivity index (χ0n) is 11.9. The lowest BCUT2D eigenvalue weighted by molar-refractivity contribution is 0.0879. The summed E-state index contributed by atoms with van der Waals surface area (Å²) in [5.74, 6) is -0.658. The molecule has 1 unspecified atom stereocenters. The maximum Gasteiger partial charge on any atom is 0.259 e. The molecule has 1 aliphatic heterocycles. The molecule has 106 valence electrons. The summed E-state index contributed by atoms with van der Waals surface area (Å²) in [6, 6.07) is 13.6. The second-order valence-electron chi connectivity index (χ2n) is 5.32. The van der Waals surface area contributed by atoms with E-state index in [4.69, 9.17) is 0 Å². The molecular formula is C17H16N2O2. The highest BCUT2D eigenvalue weighted by Gasteiger charge is 2.26. The lowest BCUT2D eigenvalue weighted by Crippen LogP contribution is -2.19. The quantitative estimate of drug-likeness (QED) is 0.850. The molecule has 0 spiro atoms. The lowest BCUT2D eigenvalue weighted by Gasteiger charge is -2.16.